The van der Waals surface area contributed by atoms with Crippen molar-refractivity contribution in [3.63, 3.8) is 0 Å². The Morgan fingerprint density at radius 3 is 2.66 bits per heavy atom. The maximum Gasteiger partial charge on any atom is 0.265 e. The molecule has 0 aliphatic heterocycles. The van der Waals surface area contributed by atoms with E-state index in [1.54, 1.807) is 30.9 Å². The van der Waals surface area contributed by atoms with E-state index in [9.17, 15) is 9.59 Å². The number of carbonyl (C=O) groups excluding carboxylic acids is 1. The first-order chi connectivity index (χ1) is 14.2. The number of rotatable bonds is 4. The Labute approximate surface area is 165 Å². The molecule has 0 aliphatic carbocycles. The van der Waals surface area contributed by atoms with E-state index in [0.717, 1.165) is 10.8 Å². The number of fused-ring (bicyclic) bond motifs is 3. The maximum atomic E-state index is 13.1. The molecular weight excluding hydrogens is 366 g/mol. The van der Waals surface area contributed by atoms with E-state index in [1.165, 1.54) is 4.40 Å². The largest absolute Gasteiger partial charge is 0.350 e. The molecule has 7 nitrogen and oxygen atoms in total. The van der Waals surface area contributed by atoms with Gasteiger partial charge in [0.1, 0.15) is 0 Å². The van der Waals surface area contributed by atoms with E-state index < -0.39 is 0 Å². The summed E-state index contributed by atoms with van der Waals surface area (Å²) in [5, 5.41) is 5.39. The quantitative estimate of drug-likeness (QED) is 0.484. The van der Waals surface area contributed by atoms with Crippen LogP contribution in [0.2, 0.25) is 0 Å². The van der Waals surface area contributed by atoms with Crippen LogP contribution in [-0.4, -0.2) is 31.4 Å². The number of amides is 1. The van der Waals surface area contributed by atoms with Gasteiger partial charge in [-0.25, -0.2) is 9.97 Å². The third kappa shape index (κ3) is 3.02. The first-order valence-corrected chi connectivity index (χ1v) is 9.28. The lowest BCUT2D eigenvalue weighted by atomic mass is 10.1. The van der Waals surface area contributed by atoms with E-state index in [1.807, 2.05) is 47.2 Å². The standard InChI is InChI=1S/C22H17N5O2/c28-21(24-8-11-26-10-7-23-14-26)17-6-3-9-27-20(17)25-19-13-16-5-2-1-4-15(16)12-18(19)22(27)29/h1-7,9-10,12-14H,8,11H2,(H,24,28). The number of nitrogens with zero attached hydrogens (tertiary/aromatic N) is 4. The van der Waals surface area contributed by atoms with Crippen molar-refractivity contribution < 1.29 is 4.79 Å². The van der Waals surface area contributed by atoms with Crippen molar-refractivity contribution in [3.05, 3.63) is 89.4 Å². The van der Waals surface area contributed by atoms with Crippen LogP contribution in [0.25, 0.3) is 27.3 Å². The number of benzene rings is 2. The Balaban J connectivity index is 1.58. The predicted molar refractivity (Wildman–Crippen MR) is 111 cm³/mol. The molecule has 0 fully saturated rings. The predicted octanol–water partition coefficient (Wildman–Crippen LogP) is 2.63. The molecule has 2 aromatic carbocycles. The van der Waals surface area contributed by atoms with Gasteiger partial charge >= 0.3 is 0 Å². The van der Waals surface area contributed by atoms with E-state index in [2.05, 4.69) is 15.3 Å². The fourth-order valence-corrected chi connectivity index (χ4v) is 3.50. The fraction of sp³-hybridized carbons (Fsp3) is 0.0909. The van der Waals surface area contributed by atoms with Gasteiger partial charge in [-0.05, 0) is 35.0 Å². The summed E-state index contributed by atoms with van der Waals surface area (Å²) < 4.78 is 3.31. The van der Waals surface area contributed by atoms with Gasteiger partial charge < -0.3 is 9.88 Å². The van der Waals surface area contributed by atoms with Crippen molar-refractivity contribution in [2.75, 3.05) is 6.54 Å². The first kappa shape index (κ1) is 17.1. The molecule has 0 atom stereocenters. The number of pyridine rings is 1. The molecule has 0 aliphatic rings. The van der Waals surface area contributed by atoms with Crippen LogP contribution < -0.4 is 10.9 Å². The van der Waals surface area contributed by atoms with Gasteiger partial charge in [0.25, 0.3) is 11.5 Å². The lowest BCUT2D eigenvalue weighted by molar-refractivity contribution is 0.0953. The second kappa shape index (κ2) is 6.87. The summed E-state index contributed by atoms with van der Waals surface area (Å²) >= 11 is 0. The third-order valence-electron chi connectivity index (χ3n) is 4.97. The molecule has 29 heavy (non-hydrogen) atoms. The highest BCUT2D eigenvalue weighted by Crippen LogP contribution is 2.20. The number of carbonyl (C=O) groups is 1. The smallest absolute Gasteiger partial charge is 0.265 e. The summed E-state index contributed by atoms with van der Waals surface area (Å²) in [5.41, 5.74) is 1.10. The van der Waals surface area contributed by atoms with E-state index in [4.69, 9.17) is 0 Å². The molecule has 142 valence electrons. The average molecular weight is 383 g/mol. The topological polar surface area (TPSA) is 81.3 Å². The minimum Gasteiger partial charge on any atom is -0.350 e. The highest BCUT2D eigenvalue weighted by atomic mass is 16.2. The Morgan fingerprint density at radius 2 is 1.86 bits per heavy atom. The molecule has 5 aromatic rings. The summed E-state index contributed by atoms with van der Waals surface area (Å²) in [6.07, 6.45) is 6.86. The van der Waals surface area contributed by atoms with Crippen LogP contribution in [-0.2, 0) is 6.54 Å². The molecule has 7 heteroatoms. The molecule has 0 bridgehead atoms. The monoisotopic (exact) mass is 383 g/mol. The highest BCUT2D eigenvalue weighted by Gasteiger charge is 2.14. The minimum absolute atomic E-state index is 0.191. The van der Waals surface area contributed by atoms with Crippen LogP contribution in [0.3, 0.4) is 0 Å². The summed E-state index contributed by atoms with van der Waals surface area (Å²) in [4.78, 5) is 34.4. The van der Waals surface area contributed by atoms with Gasteiger partial charge in [0, 0.05) is 31.7 Å². The molecule has 1 amide bonds. The zero-order valence-corrected chi connectivity index (χ0v) is 15.4. The number of nitrogens with one attached hydrogen (secondary N) is 1. The van der Waals surface area contributed by atoms with Crippen LogP contribution in [0.5, 0.6) is 0 Å². The number of aromatic nitrogens is 4. The average Bonchev–Trinajstić information content (AvgIpc) is 3.26. The minimum atomic E-state index is -0.268. The Morgan fingerprint density at radius 1 is 1.03 bits per heavy atom. The van der Waals surface area contributed by atoms with Crippen LogP contribution >= 0.6 is 0 Å². The zero-order chi connectivity index (χ0) is 19.8. The first-order valence-electron chi connectivity index (χ1n) is 9.28. The second-order valence-electron chi connectivity index (χ2n) is 6.81. The molecular formula is C22H17N5O2. The molecule has 0 saturated heterocycles. The van der Waals surface area contributed by atoms with Gasteiger partial charge in [-0.3, -0.25) is 14.0 Å². The van der Waals surface area contributed by atoms with Gasteiger partial charge in [0.05, 0.1) is 22.8 Å². The van der Waals surface area contributed by atoms with Gasteiger partial charge in [0.2, 0.25) is 0 Å². The Hall–Kier alpha value is -4.00. The summed E-state index contributed by atoms with van der Waals surface area (Å²) in [5.74, 6) is -0.268. The molecule has 3 aromatic heterocycles. The highest BCUT2D eigenvalue weighted by molar-refractivity contribution is 6.02. The Bertz CT molecular complexity index is 1420. The summed E-state index contributed by atoms with van der Waals surface area (Å²) in [6, 6.07) is 14.9. The van der Waals surface area contributed by atoms with Crippen LogP contribution in [0.15, 0.2) is 78.2 Å². The summed E-state index contributed by atoms with van der Waals surface area (Å²) in [6.45, 7) is 1.05. The molecule has 5 rings (SSSR count). The van der Waals surface area contributed by atoms with Crippen molar-refractivity contribution in [3.8, 4) is 0 Å². The summed E-state index contributed by atoms with van der Waals surface area (Å²) in [7, 11) is 0. The molecule has 0 radical (unpaired) electrons. The number of hydrogen-bond acceptors (Lipinski definition) is 4. The third-order valence-corrected chi connectivity index (χ3v) is 4.97. The molecule has 0 spiro atoms. The number of hydrogen-bond donors (Lipinski definition) is 1. The SMILES string of the molecule is O=C(NCCn1ccnc1)c1cccn2c(=O)c3cc4ccccc4cc3nc12. The molecule has 1 N–H and O–H groups in total. The van der Waals surface area contributed by atoms with E-state index >= 15 is 0 Å². The van der Waals surface area contributed by atoms with Crippen LogP contribution in [0.1, 0.15) is 10.4 Å². The molecule has 0 unspecified atom stereocenters. The van der Waals surface area contributed by atoms with E-state index in [0.29, 0.717) is 35.2 Å². The van der Waals surface area contributed by atoms with Crippen molar-refractivity contribution in [1.82, 2.24) is 24.3 Å². The van der Waals surface area contributed by atoms with Crippen LogP contribution in [0, 0.1) is 0 Å². The van der Waals surface area contributed by atoms with Crippen molar-refractivity contribution in [2.45, 2.75) is 6.54 Å². The van der Waals surface area contributed by atoms with Gasteiger partial charge in [-0.15, -0.1) is 0 Å². The lowest BCUT2D eigenvalue weighted by Crippen LogP contribution is -2.28. The number of imidazole rings is 1. The maximum absolute atomic E-state index is 13.1. The zero-order valence-electron chi connectivity index (χ0n) is 15.4. The Kier molecular flexibility index (Phi) is 4.05. The van der Waals surface area contributed by atoms with Gasteiger partial charge in [0.15, 0.2) is 5.65 Å². The van der Waals surface area contributed by atoms with Crippen molar-refractivity contribution in [2.24, 2.45) is 0 Å². The van der Waals surface area contributed by atoms with Crippen molar-refractivity contribution >= 4 is 33.2 Å². The van der Waals surface area contributed by atoms with Gasteiger partial charge in [-0.2, -0.15) is 0 Å². The van der Waals surface area contributed by atoms with Crippen LogP contribution in [0.4, 0.5) is 0 Å². The normalized spacial score (nSPS) is 11.3. The second-order valence-corrected chi connectivity index (χ2v) is 6.81. The lowest BCUT2D eigenvalue weighted by Gasteiger charge is -2.10. The van der Waals surface area contributed by atoms with Gasteiger partial charge in [-0.1, -0.05) is 24.3 Å². The molecule has 0 saturated carbocycles. The fourth-order valence-electron chi connectivity index (χ4n) is 3.50. The van der Waals surface area contributed by atoms with E-state index in [-0.39, 0.29) is 11.5 Å². The molecule has 3 heterocycles. The van der Waals surface area contributed by atoms with Crippen molar-refractivity contribution in [1.29, 1.82) is 0 Å².